The third kappa shape index (κ3) is 7.74. The highest BCUT2D eigenvalue weighted by Gasteiger charge is 2.32. The van der Waals surface area contributed by atoms with Crippen molar-refractivity contribution in [3.63, 3.8) is 0 Å². The first-order valence-corrected chi connectivity index (χ1v) is 15.0. The van der Waals surface area contributed by atoms with E-state index in [0.29, 0.717) is 34.0 Å². The molecule has 0 saturated carbocycles. The van der Waals surface area contributed by atoms with Crippen molar-refractivity contribution in [3.05, 3.63) is 87.9 Å². The van der Waals surface area contributed by atoms with Crippen molar-refractivity contribution in [2.24, 2.45) is 0 Å². The number of hydrogen-bond donors (Lipinski definition) is 1. The first-order valence-electron chi connectivity index (χ1n) is 12.4. The van der Waals surface area contributed by atoms with E-state index in [4.69, 9.17) is 16.3 Å². The van der Waals surface area contributed by atoms with Crippen molar-refractivity contribution in [2.45, 2.75) is 38.3 Å². The largest absolute Gasteiger partial charge is 0.494 e. The van der Waals surface area contributed by atoms with Gasteiger partial charge in [0.1, 0.15) is 18.3 Å². The summed E-state index contributed by atoms with van der Waals surface area (Å²) in [6, 6.07) is 18.7. The van der Waals surface area contributed by atoms with Crippen molar-refractivity contribution >= 4 is 55.1 Å². The Balaban J connectivity index is 2.04. The fraction of sp³-hybridized carbons (Fsp3) is 0.286. The zero-order valence-electron chi connectivity index (χ0n) is 21.9. The molecule has 3 aromatic rings. The molecule has 39 heavy (non-hydrogen) atoms. The molecule has 3 rings (SSSR count). The highest BCUT2D eigenvalue weighted by Crippen LogP contribution is 2.28. The maximum Gasteiger partial charge on any atom is 0.264 e. The SMILES string of the molecule is CCNC(=O)[C@@H](C)N(Cc1ccccc1Cl)C(=O)CN(c1ccc(OCC)cc1)S(=O)(=O)c1ccc(Br)cc1. The van der Waals surface area contributed by atoms with Crippen molar-refractivity contribution in [2.75, 3.05) is 24.0 Å². The van der Waals surface area contributed by atoms with Gasteiger partial charge in [0.2, 0.25) is 11.8 Å². The molecule has 1 N–H and O–H groups in total. The van der Waals surface area contributed by atoms with E-state index in [9.17, 15) is 18.0 Å². The van der Waals surface area contributed by atoms with Gasteiger partial charge in [-0.25, -0.2) is 8.42 Å². The van der Waals surface area contributed by atoms with Crippen LogP contribution < -0.4 is 14.4 Å². The number of sulfonamides is 1. The van der Waals surface area contributed by atoms with Crippen LogP contribution in [0.25, 0.3) is 0 Å². The fourth-order valence-corrected chi connectivity index (χ4v) is 5.73. The number of carbonyl (C=O) groups excluding carboxylic acids is 2. The molecule has 1 atom stereocenters. The van der Waals surface area contributed by atoms with Gasteiger partial charge in [-0.1, -0.05) is 45.7 Å². The van der Waals surface area contributed by atoms with E-state index >= 15 is 0 Å². The van der Waals surface area contributed by atoms with Crippen LogP contribution in [0.2, 0.25) is 5.02 Å². The number of nitrogens with one attached hydrogen (secondary N) is 1. The van der Waals surface area contributed by atoms with Gasteiger partial charge in [-0.3, -0.25) is 13.9 Å². The summed E-state index contributed by atoms with van der Waals surface area (Å²) in [6.45, 7) is 5.54. The number of anilines is 1. The van der Waals surface area contributed by atoms with Crippen LogP contribution in [0.3, 0.4) is 0 Å². The number of hydrogen-bond acceptors (Lipinski definition) is 5. The number of halogens is 2. The lowest BCUT2D eigenvalue weighted by molar-refractivity contribution is -0.139. The highest BCUT2D eigenvalue weighted by molar-refractivity contribution is 9.10. The summed E-state index contributed by atoms with van der Waals surface area (Å²) in [5.74, 6) is -0.358. The van der Waals surface area contributed by atoms with E-state index in [1.54, 1.807) is 74.5 Å². The Labute approximate surface area is 243 Å². The molecule has 0 aliphatic heterocycles. The van der Waals surface area contributed by atoms with Crippen LogP contribution in [0.1, 0.15) is 26.3 Å². The molecule has 0 heterocycles. The fourth-order valence-electron chi connectivity index (χ4n) is 3.85. The minimum Gasteiger partial charge on any atom is -0.494 e. The first-order chi connectivity index (χ1) is 18.6. The van der Waals surface area contributed by atoms with Crippen molar-refractivity contribution in [3.8, 4) is 5.75 Å². The van der Waals surface area contributed by atoms with E-state index in [0.717, 1.165) is 4.31 Å². The zero-order chi connectivity index (χ0) is 28.6. The lowest BCUT2D eigenvalue weighted by Crippen LogP contribution is -2.51. The highest BCUT2D eigenvalue weighted by atomic mass is 79.9. The Morgan fingerprint density at radius 3 is 2.23 bits per heavy atom. The second-order valence-corrected chi connectivity index (χ2v) is 11.8. The summed E-state index contributed by atoms with van der Waals surface area (Å²) in [5, 5.41) is 3.16. The average molecular weight is 637 g/mol. The molecular formula is C28H31BrClN3O5S. The summed E-state index contributed by atoms with van der Waals surface area (Å²) in [4.78, 5) is 28.0. The lowest BCUT2D eigenvalue weighted by atomic mass is 10.1. The summed E-state index contributed by atoms with van der Waals surface area (Å²) in [7, 11) is -4.16. The second-order valence-electron chi connectivity index (χ2n) is 8.58. The number of likely N-dealkylation sites (N-methyl/N-ethyl adjacent to an activating group) is 1. The van der Waals surface area contributed by atoms with Gasteiger partial charge in [0, 0.05) is 22.6 Å². The maximum atomic E-state index is 13.9. The van der Waals surface area contributed by atoms with Crippen LogP contribution in [-0.4, -0.2) is 50.9 Å². The third-order valence-corrected chi connectivity index (χ3v) is 8.62. The molecule has 3 aromatic carbocycles. The molecule has 11 heteroatoms. The van der Waals surface area contributed by atoms with Gasteiger partial charge < -0.3 is 15.0 Å². The summed E-state index contributed by atoms with van der Waals surface area (Å²) >= 11 is 9.69. The van der Waals surface area contributed by atoms with Crippen molar-refractivity contribution in [1.29, 1.82) is 0 Å². The van der Waals surface area contributed by atoms with Gasteiger partial charge in [0.25, 0.3) is 10.0 Å². The quantitative estimate of drug-likeness (QED) is 0.293. The standard InChI is InChI=1S/C28H31BrClN3O5S/c1-4-31-28(35)20(3)32(18-21-8-6-7-9-26(21)30)27(34)19-33(23-12-14-24(15-13-23)38-5-2)39(36,37)25-16-10-22(29)11-17-25/h6-17,20H,4-5,18-19H2,1-3H3,(H,31,35)/t20-/m1/s1. The van der Waals surface area contributed by atoms with Gasteiger partial charge in [-0.05, 0) is 80.9 Å². The van der Waals surface area contributed by atoms with Gasteiger partial charge >= 0.3 is 0 Å². The van der Waals surface area contributed by atoms with Crippen molar-refractivity contribution in [1.82, 2.24) is 10.2 Å². The Kier molecular flexibility index (Phi) is 10.8. The molecule has 2 amide bonds. The molecule has 0 fully saturated rings. The molecule has 0 bridgehead atoms. The van der Waals surface area contributed by atoms with E-state index < -0.39 is 28.5 Å². The topological polar surface area (TPSA) is 96.0 Å². The molecule has 8 nitrogen and oxygen atoms in total. The van der Waals surface area contributed by atoms with Gasteiger partial charge in [0.15, 0.2) is 0 Å². The number of nitrogens with zero attached hydrogens (tertiary/aromatic N) is 2. The molecule has 0 saturated heterocycles. The number of rotatable bonds is 12. The van der Waals surface area contributed by atoms with E-state index in [1.165, 1.54) is 17.0 Å². The number of amides is 2. The first kappa shape index (κ1) is 30.5. The number of carbonyl (C=O) groups is 2. The minimum atomic E-state index is -4.16. The van der Waals surface area contributed by atoms with Gasteiger partial charge in [-0.2, -0.15) is 0 Å². The zero-order valence-corrected chi connectivity index (χ0v) is 25.1. The monoisotopic (exact) mass is 635 g/mol. The van der Waals surface area contributed by atoms with E-state index in [-0.39, 0.29) is 23.0 Å². The van der Waals surface area contributed by atoms with Crippen LogP contribution in [0.5, 0.6) is 5.75 Å². The maximum absolute atomic E-state index is 13.9. The van der Waals surface area contributed by atoms with Crippen LogP contribution in [0.15, 0.2) is 82.2 Å². The molecular weight excluding hydrogens is 606 g/mol. The second kappa shape index (κ2) is 13.8. The summed E-state index contributed by atoms with van der Waals surface area (Å²) in [5.41, 5.74) is 0.908. The molecule has 0 aliphatic carbocycles. The lowest BCUT2D eigenvalue weighted by Gasteiger charge is -2.32. The Hall–Kier alpha value is -3.08. The molecule has 0 aromatic heterocycles. The normalized spacial score (nSPS) is 11.9. The average Bonchev–Trinajstić information content (AvgIpc) is 2.92. The minimum absolute atomic E-state index is 0.0156. The van der Waals surface area contributed by atoms with E-state index in [1.807, 2.05) is 6.92 Å². The van der Waals surface area contributed by atoms with E-state index in [2.05, 4.69) is 21.2 Å². The summed E-state index contributed by atoms with van der Waals surface area (Å²) in [6.07, 6.45) is 0. The number of benzene rings is 3. The summed E-state index contributed by atoms with van der Waals surface area (Å²) < 4.78 is 34.9. The van der Waals surface area contributed by atoms with Gasteiger partial charge in [0.05, 0.1) is 17.2 Å². The smallest absolute Gasteiger partial charge is 0.264 e. The predicted octanol–water partition coefficient (Wildman–Crippen LogP) is 5.25. The predicted molar refractivity (Wildman–Crippen MR) is 156 cm³/mol. The Morgan fingerprint density at radius 1 is 1.00 bits per heavy atom. The molecule has 0 spiro atoms. The van der Waals surface area contributed by atoms with Crippen molar-refractivity contribution < 1.29 is 22.7 Å². The Bertz CT molecular complexity index is 1390. The van der Waals surface area contributed by atoms with Gasteiger partial charge in [-0.15, -0.1) is 0 Å². The number of ether oxygens (including phenoxy) is 1. The van der Waals surface area contributed by atoms with Crippen LogP contribution in [-0.2, 0) is 26.2 Å². The van der Waals surface area contributed by atoms with Crippen LogP contribution in [0, 0.1) is 0 Å². The van der Waals surface area contributed by atoms with Crippen LogP contribution >= 0.6 is 27.5 Å². The molecule has 208 valence electrons. The third-order valence-electron chi connectivity index (χ3n) is 5.93. The molecule has 0 unspecified atom stereocenters. The Morgan fingerprint density at radius 2 is 1.64 bits per heavy atom. The molecule has 0 aliphatic rings. The molecule has 0 radical (unpaired) electrons. The van der Waals surface area contributed by atoms with Crippen LogP contribution in [0.4, 0.5) is 5.69 Å².